The molecule has 0 radical (unpaired) electrons. The Morgan fingerprint density at radius 1 is 1.36 bits per heavy atom. The third-order valence-corrected chi connectivity index (χ3v) is 1.96. The number of benzene rings is 1. The van der Waals surface area contributed by atoms with E-state index in [-0.39, 0.29) is 5.84 Å². The van der Waals surface area contributed by atoms with Crippen molar-refractivity contribution in [2.75, 3.05) is 0 Å². The van der Waals surface area contributed by atoms with Gasteiger partial charge in [0.2, 0.25) is 0 Å². The molecule has 0 unspecified atom stereocenters. The molecule has 2 aromatic rings. The molecule has 0 amide bonds. The van der Waals surface area contributed by atoms with Crippen LogP contribution >= 0.6 is 0 Å². The van der Waals surface area contributed by atoms with E-state index in [9.17, 15) is 0 Å². The highest BCUT2D eigenvalue weighted by Crippen LogP contribution is 2.22. The Kier molecular flexibility index (Phi) is 2.02. The summed E-state index contributed by atoms with van der Waals surface area (Å²) < 4.78 is 4.74. The fraction of sp³-hybridized carbons (Fsp3) is 0. The van der Waals surface area contributed by atoms with Crippen LogP contribution in [-0.2, 0) is 0 Å². The number of nitrogen functional groups attached to an aromatic ring is 1. The molecule has 0 fully saturated rings. The molecule has 3 N–H and O–H groups in total. The summed E-state index contributed by atoms with van der Waals surface area (Å²) in [6.45, 7) is 0. The SMILES string of the molecule is N=C(N)c1ccccc1-c1cnoc1. The van der Waals surface area contributed by atoms with Crippen LogP contribution < -0.4 is 5.73 Å². The third kappa shape index (κ3) is 1.37. The Labute approximate surface area is 80.8 Å². The molecular weight excluding hydrogens is 178 g/mol. The molecule has 1 aromatic carbocycles. The second-order valence-electron chi connectivity index (χ2n) is 2.87. The van der Waals surface area contributed by atoms with Gasteiger partial charge in [-0.25, -0.2) is 0 Å². The molecule has 0 aliphatic rings. The largest absolute Gasteiger partial charge is 0.384 e. The molecule has 0 aliphatic heterocycles. The molecule has 70 valence electrons. The van der Waals surface area contributed by atoms with E-state index >= 15 is 0 Å². The van der Waals surface area contributed by atoms with Crippen molar-refractivity contribution in [1.82, 2.24) is 5.16 Å². The van der Waals surface area contributed by atoms with E-state index in [4.69, 9.17) is 15.7 Å². The van der Waals surface area contributed by atoms with Crippen molar-refractivity contribution in [1.29, 1.82) is 5.41 Å². The van der Waals surface area contributed by atoms with Crippen molar-refractivity contribution < 1.29 is 4.52 Å². The van der Waals surface area contributed by atoms with Crippen LogP contribution in [-0.4, -0.2) is 11.0 Å². The van der Waals surface area contributed by atoms with E-state index in [2.05, 4.69) is 5.16 Å². The summed E-state index contributed by atoms with van der Waals surface area (Å²) in [5.41, 5.74) is 7.84. The van der Waals surface area contributed by atoms with E-state index in [1.54, 1.807) is 12.3 Å². The molecule has 4 heteroatoms. The monoisotopic (exact) mass is 187 g/mol. The molecule has 2 rings (SSSR count). The molecule has 1 aromatic heterocycles. The Balaban J connectivity index is 2.58. The number of nitrogens with zero attached hydrogens (tertiary/aromatic N) is 1. The Hall–Kier alpha value is -2.10. The zero-order valence-corrected chi connectivity index (χ0v) is 7.40. The highest BCUT2D eigenvalue weighted by Gasteiger charge is 2.07. The average molecular weight is 187 g/mol. The first kappa shape index (κ1) is 8.50. The van der Waals surface area contributed by atoms with Gasteiger partial charge in [0.25, 0.3) is 0 Å². The van der Waals surface area contributed by atoms with Crippen LogP contribution in [0, 0.1) is 5.41 Å². The van der Waals surface area contributed by atoms with Gasteiger partial charge in [-0.15, -0.1) is 0 Å². The Bertz CT molecular complexity index is 448. The van der Waals surface area contributed by atoms with Crippen LogP contribution in [0.15, 0.2) is 41.2 Å². The summed E-state index contributed by atoms with van der Waals surface area (Å²) >= 11 is 0. The second kappa shape index (κ2) is 3.33. The lowest BCUT2D eigenvalue weighted by Crippen LogP contribution is -2.12. The van der Waals surface area contributed by atoms with Gasteiger partial charge in [-0.3, -0.25) is 5.41 Å². The molecule has 0 aliphatic carbocycles. The number of nitrogens with two attached hydrogens (primary N) is 1. The van der Waals surface area contributed by atoms with E-state index < -0.39 is 0 Å². The topological polar surface area (TPSA) is 75.9 Å². The van der Waals surface area contributed by atoms with Gasteiger partial charge in [0.15, 0.2) is 0 Å². The first-order chi connectivity index (χ1) is 6.79. The second-order valence-corrected chi connectivity index (χ2v) is 2.87. The summed E-state index contributed by atoms with van der Waals surface area (Å²) in [5.74, 6) is 0.0433. The highest BCUT2D eigenvalue weighted by molar-refractivity contribution is 6.01. The van der Waals surface area contributed by atoms with Gasteiger partial charge in [0.05, 0.1) is 6.20 Å². The lowest BCUT2D eigenvalue weighted by molar-refractivity contribution is 0.420. The van der Waals surface area contributed by atoms with Crippen LogP contribution in [0.5, 0.6) is 0 Å². The minimum atomic E-state index is 0.0433. The lowest BCUT2D eigenvalue weighted by atomic mass is 10.0. The van der Waals surface area contributed by atoms with Crippen LogP contribution in [0.25, 0.3) is 11.1 Å². The van der Waals surface area contributed by atoms with Crippen LogP contribution in [0.2, 0.25) is 0 Å². The van der Waals surface area contributed by atoms with Crippen molar-refractivity contribution in [3.63, 3.8) is 0 Å². The molecule has 0 saturated carbocycles. The molecule has 4 nitrogen and oxygen atoms in total. The number of hydrogen-bond acceptors (Lipinski definition) is 3. The maximum absolute atomic E-state index is 7.41. The van der Waals surface area contributed by atoms with Crippen LogP contribution in [0.3, 0.4) is 0 Å². The third-order valence-electron chi connectivity index (χ3n) is 1.96. The molecule has 1 heterocycles. The van der Waals surface area contributed by atoms with Crippen molar-refractivity contribution in [3.05, 3.63) is 42.3 Å². The van der Waals surface area contributed by atoms with Gasteiger partial charge in [-0.05, 0) is 5.56 Å². The van der Waals surface area contributed by atoms with Crippen LogP contribution in [0.1, 0.15) is 5.56 Å². The molecule has 0 atom stereocenters. The van der Waals surface area contributed by atoms with Crippen molar-refractivity contribution >= 4 is 5.84 Å². The summed E-state index contributed by atoms with van der Waals surface area (Å²) in [7, 11) is 0. The van der Waals surface area contributed by atoms with E-state index in [1.807, 2.05) is 18.2 Å². The zero-order chi connectivity index (χ0) is 9.97. The predicted octanol–water partition coefficient (Wildman–Crippen LogP) is 1.63. The quantitative estimate of drug-likeness (QED) is 0.554. The minimum Gasteiger partial charge on any atom is -0.384 e. The number of aromatic nitrogens is 1. The van der Waals surface area contributed by atoms with E-state index in [0.717, 1.165) is 11.1 Å². The maximum atomic E-state index is 7.41. The first-order valence-electron chi connectivity index (χ1n) is 4.12. The molecule has 14 heavy (non-hydrogen) atoms. The minimum absolute atomic E-state index is 0.0433. The lowest BCUT2D eigenvalue weighted by Gasteiger charge is -2.04. The van der Waals surface area contributed by atoms with Gasteiger partial charge in [-0.2, -0.15) is 0 Å². The standard InChI is InChI=1S/C10H9N3O/c11-10(12)9-4-2-1-3-8(9)7-5-13-14-6-7/h1-6H,(H3,11,12). The normalized spacial score (nSPS) is 10.0. The smallest absolute Gasteiger partial charge is 0.131 e. The first-order valence-corrected chi connectivity index (χ1v) is 4.12. The molecule has 0 saturated heterocycles. The number of hydrogen-bond donors (Lipinski definition) is 2. The molecule has 0 bridgehead atoms. The number of nitrogens with one attached hydrogen (secondary N) is 1. The fourth-order valence-electron chi connectivity index (χ4n) is 1.31. The van der Waals surface area contributed by atoms with Crippen molar-refractivity contribution in [2.24, 2.45) is 5.73 Å². The zero-order valence-electron chi connectivity index (χ0n) is 7.40. The fourth-order valence-corrected chi connectivity index (χ4v) is 1.31. The highest BCUT2D eigenvalue weighted by atomic mass is 16.5. The van der Waals surface area contributed by atoms with Gasteiger partial charge < -0.3 is 10.3 Å². The van der Waals surface area contributed by atoms with E-state index in [0.29, 0.717) is 5.56 Å². The summed E-state index contributed by atoms with van der Waals surface area (Å²) in [5, 5.41) is 11.0. The Morgan fingerprint density at radius 3 is 2.79 bits per heavy atom. The Morgan fingerprint density at radius 2 is 2.14 bits per heavy atom. The number of rotatable bonds is 2. The van der Waals surface area contributed by atoms with Crippen LogP contribution in [0.4, 0.5) is 0 Å². The summed E-state index contributed by atoms with van der Waals surface area (Å²) in [6, 6.07) is 7.40. The summed E-state index contributed by atoms with van der Waals surface area (Å²) in [6.07, 6.45) is 3.13. The van der Waals surface area contributed by atoms with Crippen molar-refractivity contribution in [2.45, 2.75) is 0 Å². The number of amidine groups is 1. The molecule has 0 spiro atoms. The van der Waals surface area contributed by atoms with Gasteiger partial charge in [-0.1, -0.05) is 29.4 Å². The van der Waals surface area contributed by atoms with E-state index in [1.165, 1.54) is 6.26 Å². The average Bonchev–Trinajstić information content (AvgIpc) is 2.70. The van der Waals surface area contributed by atoms with Gasteiger partial charge in [0, 0.05) is 11.1 Å². The predicted molar refractivity (Wildman–Crippen MR) is 53.0 cm³/mol. The summed E-state index contributed by atoms with van der Waals surface area (Å²) in [4.78, 5) is 0. The van der Waals surface area contributed by atoms with Gasteiger partial charge >= 0.3 is 0 Å². The maximum Gasteiger partial charge on any atom is 0.131 e. The van der Waals surface area contributed by atoms with Crippen molar-refractivity contribution in [3.8, 4) is 11.1 Å². The molecular formula is C10H9N3O. The van der Waals surface area contributed by atoms with Gasteiger partial charge in [0.1, 0.15) is 12.1 Å².